The van der Waals surface area contributed by atoms with Crippen molar-refractivity contribution < 1.29 is 9.90 Å². The molecule has 0 fully saturated rings. The zero-order chi connectivity index (χ0) is 10.0. The lowest BCUT2D eigenvalue weighted by Crippen LogP contribution is -1.99. The van der Waals surface area contributed by atoms with E-state index in [0.717, 1.165) is 12.0 Å². The Kier molecular flexibility index (Phi) is 3.17. The summed E-state index contributed by atoms with van der Waals surface area (Å²) in [6.07, 6.45) is 0.777. The molecule has 70 valence electrons. The largest absolute Gasteiger partial charge is 0.478 e. The Bertz CT molecular complexity index is 324. The van der Waals surface area contributed by atoms with Gasteiger partial charge in [0.25, 0.3) is 0 Å². The molecule has 0 saturated carbocycles. The Morgan fingerprint density at radius 3 is 2.15 bits per heavy atom. The van der Waals surface area contributed by atoms with Gasteiger partial charge in [0.15, 0.2) is 0 Å². The maximum absolute atomic E-state index is 10.7. The molecule has 0 radical (unpaired) electrons. The molecule has 0 amide bonds. The molecule has 0 bridgehead atoms. The number of hydrogen-bond acceptors (Lipinski definition) is 1. The quantitative estimate of drug-likeness (QED) is 0.828. The van der Waals surface area contributed by atoms with E-state index in [4.69, 9.17) is 28.3 Å². The molecule has 0 unspecified atom stereocenters. The number of halogens is 2. The normalized spacial score (nSPS) is 10.1. The Morgan fingerprint density at radius 1 is 1.38 bits per heavy atom. The minimum absolute atomic E-state index is 0.0273. The lowest BCUT2D eigenvalue weighted by atomic mass is 10.1. The number of hydrogen-bond donors (Lipinski definition) is 1. The number of carboxylic acid groups (broad SMARTS) is 1. The number of benzene rings is 1. The zero-order valence-corrected chi connectivity index (χ0v) is 8.49. The molecule has 1 rings (SSSR count). The molecule has 0 heterocycles. The van der Waals surface area contributed by atoms with Crippen LogP contribution in [0.25, 0.3) is 0 Å². The van der Waals surface area contributed by atoms with Gasteiger partial charge in [-0.2, -0.15) is 0 Å². The van der Waals surface area contributed by atoms with Crippen LogP contribution in [0.1, 0.15) is 22.8 Å². The first kappa shape index (κ1) is 10.4. The van der Waals surface area contributed by atoms with E-state index in [-0.39, 0.29) is 15.6 Å². The van der Waals surface area contributed by atoms with E-state index in [1.807, 2.05) is 6.92 Å². The third kappa shape index (κ3) is 2.14. The Morgan fingerprint density at radius 2 is 1.85 bits per heavy atom. The van der Waals surface area contributed by atoms with Gasteiger partial charge in [-0.1, -0.05) is 30.1 Å². The van der Waals surface area contributed by atoms with E-state index in [1.165, 1.54) is 0 Å². The van der Waals surface area contributed by atoms with Crippen molar-refractivity contribution in [3.05, 3.63) is 33.3 Å². The molecule has 0 aliphatic rings. The molecule has 1 N–H and O–H groups in total. The van der Waals surface area contributed by atoms with Crippen LogP contribution in [0.4, 0.5) is 0 Å². The van der Waals surface area contributed by atoms with Crippen LogP contribution in [0.2, 0.25) is 10.0 Å². The number of aryl methyl sites for hydroxylation is 1. The van der Waals surface area contributed by atoms with Gasteiger partial charge in [-0.15, -0.1) is 0 Å². The van der Waals surface area contributed by atoms with Gasteiger partial charge >= 0.3 is 5.97 Å². The zero-order valence-electron chi connectivity index (χ0n) is 6.97. The van der Waals surface area contributed by atoms with Gasteiger partial charge in [0.05, 0.1) is 15.6 Å². The first-order chi connectivity index (χ1) is 6.06. The molecule has 0 aliphatic carbocycles. The molecule has 0 spiro atoms. The van der Waals surface area contributed by atoms with Crippen LogP contribution in [0, 0.1) is 0 Å². The van der Waals surface area contributed by atoms with Crippen molar-refractivity contribution in [1.82, 2.24) is 0 Å². The Balaban J connectivity index is 3.31. The highest BCUT2D eigenvalue weighted by atomic mass is 35.5. The average Bonchev–Trinajstić information content (AvgIpc) is 2.02. The highest BCUT2D eigenvalue weighted by Crippen LogP contribution is 2.26. The summed E-state index contributed by atoms with van der Waals surface area (Å²) >= 11 is 11.5. The lowest BCUT2D eigenvalue weighted by molar-refractivity contribution is 0.0697. The number of carboxylic acids is 1. The predicted octanol–water partition coefficient (Wildman–Crippen LogP) is 3.25. The molecule has 0 aliphatic heterocycles. The lowest BCUT2D eigenvalue weighted by Gasteiger charge is -2.04. The van der Waals surface area contributed by atoms with Crippen molar-refractivity contribution in [2.45, 2.75) is 13.3 Å². The molecule has 1 aromatic carbocycles. The van der Waals surface area contributed by atoms with Crippen molar-refractivity contribution >= 4 is 29.2 Å². The SMILES string of the molecule is CCc1cc(Cl)c(C(=O)O)c(Cl)c1. The van der Waals surface area contributed by atoms with Crippen LogP contribution in [-0.4, -0.2) is 11.1 Å². The fourth-order valence-corrected chi connectivity index (χ4v) is 1.73. The van der Waals surface area contributed by atoms with Gasteiger partial charge in [-0.25, -0.2) is 4.79 Å². The van der Waals surface area contributed by atoms with Crippen LogP contribution in [0.3, 0.4) is 0 Å². The van der Waals surface area contributed by atoms with Crippen LogP contribution in [-0.2, 0) is 6.42 Å². The van der Waals surface area contributed by atoms with E-state index in [2.05, 4.69) is 0 Å². The summed E-state index contributed by atoms with van der Waals surface area (Å²) in [7, 11) is 0. The van der Waals surface area contributed by atoms with Crippen molar-refractivity contribution in [2.75, 3.05) is 0 Å². The summed E-state index contributed by atoms with van der Waals surface area (Å²) in [4.78, 5) is 10.7. The van der Waals surface area contributed by atoms with Crippen LogP contribution in [0.5, 0.6) is 0 Å². The summed E-state index contributed by atoms with van der Waals surface area (Å²) in [5.74, 6) is -1.10. The molecule has 0 aromatic heterocycles. The summed E-state index contributed by atoms with van der Waals surface area (Å²) < 4.78 is 0. The number of rotatable bonds is 2. The van der Waals surface area contributed by atoms with Crippen molar-refractivity contribution in [3.8, 4) is 0 Å². The summed E-state index contributed by atoms with van der Waals surface area (Å²) in [6, 6.07) is 3.24. The molecular formula is C9H8Cl2O2. The second-order valence-electron chi connectivity index (χ2n) is 2.59. The molecule has 13 heavy (non-hydrogen) atoms. The molecule has 1 aromatic rings. The van der Waals surface area contributed by atoms with Crippen molar-refractivity contribution in [1.29, 1.82) is 0 Å². The first-order valence-corrected chi connectivity index (χ1v) is 4.53. The Labute approximate surface area is 86.1 Å². The van der Waals surface area contributed by atoms with Crippen LogP contribution < -0.4 is 0 Å². The third-order valence-corrected chi connectivity index (χ3v) is 2.32. The van der Waals surface area contributed by atoms with Gasteiger partial charge in [0.2, 0.25) is 0 Å². The molecule has 0 saturated heterocycles. The smallest absolute Gasteiger partial charge is 0.338 e. The minimum atomic E-state index is -1.10. The summed E-state index contributed by atoms with van der Waals surface area (Å²) in [5.41, 5.74) is 0.903. The van der Waals surface area contributed by atoms with Gasteiger partial charge in [0, 0.05) is 0 Å². The summed E-state index contributed by atoms with van der Waals surface area (Å²) in [5, 5.41) is 9.12. The average molecular weight is 219 g/mol. The molecule has 0 atom stereocenters. The number of carbonyl (C=O) groups is 1. The van der Waals surface area contributed by atoms with E-state index in [1.54, 1.807) is 12.1 Å². The van der Waals surface area contributed by atoms with Gasteiger partial charge in [-0.05, 0) is 24.1 Å². The number of aromatic carboxylic acids is 1. The van der Waals surface area contributed by atoms with Crippen LogP contribution >= 0.6 is 23.2 Å². The maximum Gasteiger partial charge on any atom is 0.338 e. The molecular weight excluding hydrogens is 211 g/mol. The highest BCUT2D eigenvalue weighted by molar-refractivity contribution is 6.39. The molecule has 4 heteroatoms. The fraction of sp³-hybridized carbons (Fsp3) is 0.222. The van der Waals surface area contributed by atoms with E-state index >= 15 is 0 Å². The monoisotopic (exact) mass is 218 g/mol. The van der Waals surface area contributed by atoms with Crippen molar-refractivity contribution in [2.24, 2.45) is 0 Å². The Hall–Kier alpha value is -0.730. The minimum Gasteiger partial charge on any atom is -0.478 e. The fourth-order valence-electron chi connectivity index (χ4n) is 1.03. The van der Waals surface area contributed by atoms with Gasteiger partial charge in [0.1, 0.15) is 0 Å². The van der Waals surface area contributed by atoms with Crippen LogP contribution in [0.15, 0.2) is 12.1 Å². The highest BCUT2D eigenvalue weighted by Gasteiger charge is 2.13. The van der Waals surface area contributed by atoms with E-state index < -0.39 is 5.97 Å². The topological polar surface area (TPSA) is 37.3 Å². The second-order valence-corrected chi connectivity index (χ2v) is 3.41. The van der Waals surface area contributed by atoms with Gasteiger partial charge in [-0.3, -0.25) is 0 Å². The molecule has 2 nitrogen and oxygen atoms in total. The first-order valence-electron chi connectivity index (χ1n) is 3.77. The van der Waals surface area contributed by atoms with E-state index in [9.17, 15) is 4.79 Å². The van der Waals surface area contributed by atoms with E-state index in [0.29, 0.717) is 0 Å². The standard InChI is InChI=1S/C9H8Cl2O2/c1-2-5-3-6(10)8(9(12)13)7(11)4-5/h3-4H,2H2,1H3,(H,12,13). The second kappa shape index (κ2) is 3.99. The third-order valence-electron chi connectivity index (χ3n) is 1.72. The van der Waals surface area contributed by atoms with Gasteiger partial charge < -0.3 is 5.11 Å². The van der Waals surface area contributed by atoms with Crippen molar-refractivity contribution in [3.63, 3.8) is 0 Å². The maximum atomic E-state index is 10.7. The predicted molar refractivity (Wildman–Crippen MR) is 52.8 cm³/mol. The summed E-state index contributed by atoms with van der Waals surface area (Å²) in [6.45, 7) is 1.95.